The van der Waals surface area contributed by atoms with Gasteiger partial charge in [-0.25, -0.2) is 0 Å². The van der Waals surface area contributed by atoms with Crippen LogP contribution < -0.4 is 0 Å². The fraction of sp³-hybridized carbons (Fsp3) is 0.300. The van der Waals surface area contributed by atoms with Gasteiger partial charge in [-0.2, -0.15) is 0 Å². The van der Waals surface area contributed by atoms with Gasteiger partial charge in [-0.05, 0) is 11.6 Å². The molecule has 1 amide bonds. The Bertz CT molecular complexity index is 328. The lowest BCUT2D eigenvalue weighted by molar-refractivity contribution is -0.127. The van der Waals surface area contributed by atoms with E-state index in [4.69, 9.17) is 23.2 Å². The van der Waals surface area contributed by atoms with Gasteiger partial charge in [0, 0.05) is 18.6 Å². The van der Waals surface area contributed by atoms with Crippen LogP contribution in [-0.4, -0.2) is 23.7 Å². The number of rotatable bonds is 3. The minimum absolute atomic E-state index is 0.000945. The molecule has 0 N–H and O–H groups in total. The molecule has 14 heavy (non-hydrogen) atoms. The first-order valence-corrected chi connectivity index (χ1v) is 5.09. The van der Waals surface area contributed by atoms with Crippen molar-refractivity contribution in [3.63, 3.8) is 0 Å². The molecule has 0 aliphatic rings. The van der Waals surface area contributed by atoms with E-state index in [2.05, 4.69) is 0 Å². The highest BCUT2D eigenvalue weighted by atomic mass is 35.5. The maximum atomic E-state index is 11.2. The maximum absolute atomic E-state index is 11.2. The zero-order valence-electron chi connectivity index (χ0n) is 7.84. The van der Waals surface area contributed by atoms with Crippen LogP contribution in [0.2, 0.25) is 5.02 Å². The van der Waals surface area contributed by atoms with E-state index >= 15 is 0 Å². The highest BCUT2D eigenvalue weighted by Gasteiger charge is 2.08. The second kappa shape index (κ2) is 5.23. The summed E-state index contributed by atoms with van der Waals surface area (Å²) in [6.07, 6.45) is 0. The van der Waals surface area contributed by atoms with E-state index in [0.29, 0.717) is 11.6 Å². The summed E-state index contributed by atoms with van der Waals surface area (Å²) in [6.45, 7) is 0.491. The van der Waals surface area contributed by atoms with Crippen LogP contribution in [0.4, 0.5) is 0 Å². The van der Waals surface area contributed by atoms with Crippen LogP contribution in [0.25, 0.3) is 0 Å². The highest BCUT2D eigenvalue weighted by molar-refractivity contribution is 6.31. The summed E-state index contributed by atoms with van der Waals surface area (Å²) in [4.78, 5) is 12.7. The lowest BCUT2D eigenvalue weighted by atomic mass is 10.2. The lowest BCUT2D eigenvalue weighted by Gasteiger charge is -2.16. The van der Waals surface area contributed by atoms with E-state index < -0.39 is 0 Å². The third-order valence-electron chi connectivity index (χ3n) is 1.91. The van der Waals surface area contributed by atoms with Gasteiger partial charge in [0.25, 0.3) is 0 Å². The molecule has 0 unspecified atom stereocenters. The van der Waals surface area contributed by atoms with Gasteiger partial charge in [0.05, 0.1) is 0 Å². The fourth-order valence-electron chi connectivity index (χ4n) is 1.07. The van der Waals surface area contributed by atoms with Gasteiger partial charge in [-0.1, -0.05) is 29.8 Å². The molecule has 0 fully saturated rings. The van der Waals surface area contributed by atoms with Crippen molar-refractivity contribution in [2.24, 2.45) is 0 Å². The van der Waals surface area contributed by atoms with Crippen molar-refractivity contribution in [2.75, 3.05) is 12.9 Å². The second-order valence-corrected chi connectivity index (χ2v) is 3.65. The van der Waals surface area contributed by atoms with Crippen LogP contribution in [-0.2, 0) is 11.3 Å². The Hall–Kier alpha value is -0.730. The van der Waals surface area contributed by atoms with Gasteiger partial charge in [0.2, 0.25) is 5.91 Å². The molecule has 0 bridgehead atoms. The molecular formula is C10H11Cl2NO. The van der Waals surface area contributed by atoms with Crippen LogP contribution in [0.5, 0.6) is 0 Å². The molecule has 0 aliphatic heterocycles. The number of carbonyl (C=O) groups excluding carboxylic acids is 1. The highest BCUT2D eigenvalue weighted by Crippen LogP contribution is 2.16. The summed E-state index contributed by atoms with van der Waals surface area (Å²) < 4.78 is 0. The average molecular weight is 232 g/mol. The Morgan fingerprint density at radius 2 is 2.07 bits per heavy atom. The molecule has 0 heterocycles. The average Bonchev–Trinajstić information content (AvgIpc) is 2.20. The van der Waals surface area contributed by atoms with E-state index in [9.17, 15) is 4.79 Å². The van der Waals surface area contributed by atoms with Crippen molar-refractivity contribution >= 4 is 29.1 Å². The van der Waals surface area contributed by atoms with Crippen molar-refractivity contribution in [1.29, 1.82) is 0 Å². The molecule has 0 atom stereocenters. The van der Waals surface area contributed by atoms with E-state index in [0.717, 1.165) is 5.56 Å². The summed E-state index contributed by atoms with van der Waals surface area (Å²) in [5.41, 5.74) is 0.926. The van der Waals surface area contributed by atoms with Gasteiger partial charge in [0.15, 0.2) is 0 Å². The van der Waals surface area contributed by atoms with Crippen LogP contribution in [0.1, 0.15) is 5.56 Å². The fourth-order valence-corrected chi connectivity index (χ4v) is 1.47. The zero-order valence-corrected chi connectivity index (χ0v) is 9.35. The number of alkyl halides is 1. The zero-order chi connectivity index (χ0) is 10.6. The number of carbonyl (C=O) groups is 1. The molecule has 2 nitrogen and oxygen atoms in total. The molecule has 0 spiro atoms. The number of amides is 1. The molecule has 0 saturated heterocycles. The molecule has 0 aliphatic carbocycles. The van der Waals surface area contributed by atoms with Crippen LogP contribution in [0, 0.1) is 0 Å². The summed E-state index contributed by atoms with van der Waals surface area (Å²) in [7, 11) is 1.70. The number of hydrogen-bond acceptors (Lipinski definition) is 1. The molecule has 1 rings (SSSR count). The predicted molar refractivity (Wildman–Crippen MR) is 58.6 cm³/mol. The van der Waals surface area contributed by atoms with E-state index in [-0.39, 0.29) is 11.8 Å². The summed E-state index contributed by atoms with van der Waals surface area (Å²) in [6, 6.07) is 7.44. The van der Waals surface area contributed by atoms with Crippen molar-refractivity contribution in [3.05, 3.63) is 34.9 Å². The third-order valence-corrected chi connectivity index (χ3v) is 2.50. The van der Waals surface area contributed by atoms with E-state index in [1.807, 2.05) is 18.2 Å². The van der Waals surface area contributed by atoms with Gasteiger partial charge < -0.3 is 4.90 Å². The smallest absolute Gasteiger partial charge is 0.237 e. The number of benzene rings is 1. The molecule has 76 valence electrons. The quantitative estimate of drug-likeness (QED) is 0.733. The Morgan fingerprint density at radius 3 is 2.64 bits per heavy atom. The minimum atomic E-state index is -0.105. The standard InChI is InChI=1S/C10H11Cl2NO/c1-13(10(14)6-11)7-8-4-2-3-5-9(8)12/h2-5H,6-7H2,1H3. The van der Waals surface area contributed by atoms with E-state index in [1.165, 1.54) is 0 Å². The number of halogens is 2. The summed E-state index contributed by atoms with van der Waals surface area (Å²) >= 11 is 11.4. The first-order valence-electron chi connectivity index (χ1n) is 4.18. The first-order chi connectivity index (χ1) is 6.65. The first kappa shape index (κ1) is 11.3. The summed E-state index contributed by atoms with van der Waals surface area (Å²) in [5.74, 6) is -0.104. The van der Waals surface area contributed by atoms with Crippen LogP contribution >= 0.6 is 23.2 Å². The summed E-state index contributed by atoms with van der Waals surface area (Å²) in [5, 5.41) is 0.668. The maximum Gasteiger partial charge on any atom is 0.237 e. The molecule has 0 aromatic heterocycles. The molecule has 0 radical (unpaired) electrons. The van der Waals surface area contributed by atoms with Crippen LogP contribution in [0.3, 0.4) is 0 Å². The molecule has 1 aromatic rings. The molecule has 0 saturated carbocycles. The number of hydrogen-bond donors (Lipinski definition) is 0. The van der Waals surface area contributed by atoms with Crippen molar-refractivity contribution < 1.29 is 4.79 Å². The van der Waals surface area contributed by atoms with Crippen molar-refractivity contribution in [2.45, 2.75) is 6.54 Å². The van der Waals surface area contributed by atoms with Crippen LogP contribution in [0.15, 0.2) is 24.3 Å². The van der Waals surface area contributed by atoms with E-state index in [1.54, 1.807) is 18.0 Å². The molecule has 4 heteroatoms. The SMILES string of the molecule is CN(Cc1ccccc1Cl)C(=O)CCl. The van der Waals surface area contributed by atoms with Gasteiger partial charge in [0.1, 0.15) is 5.88 Å². The molecular weight excluding hydrogens is 221 g/mol. The lowest BCUT2D eigenvalue weighted by Crippen LogP contribution is -2.27. The molecule has 1 aromatic carbocycles. The van der Waals surface area contributed by atoms with Crippen molar-refractivity contribution in [1.82, 2.24) is 4.90 Å². The Kier molecular flexibility index (Phi) is 4.23. The topological polar surface area (TPSA) is 20.3 Å². The minimum Gasteiger partial charge on any atom is -0.340 e. The van der Waals surface area contributed by atoms with Gasteiger partial charge >= 0.3 is 0 Å². The Balaban J connectivity index is 2.69. The van der Waals surface area contributed by atoms with Gasteiger partial charge in [-0.15, -0.1) is 11.6 Å². The Labute approximate surface area is 93.4 Å². The monoisotopic (exact) mass is 231 g/mol. The predicted octanol–water partition coefficient (Wildman–Crippen LogP) is 2.54. The third kappa shape index (κ3) is 2.89. The second-order valence-electron chi connectivity index (χ2n) is 2.97. The normalized spacial score (nSPS) is 9.93. The Morgan fingerprint density at radius 1 is 1.43 bits per heavy atom. The largest absolute Gasteiger partial charge is 0.340 e. The number of nitrogens with zero attached hydrogens (tertiary/aromatic N) is 1. The van der Waals surface area contributed by atoms with Gasteiger partial charge in [-0.3, -0.25) is 4.79 Å². The van der Waals surface area contributed by atoms with Crippen molar-refractivity contribution in [3.8, 4) is 0 Å².